The third-order valence-corrected chi connectivity index (χ3v) is 3.39. The van der Waals surface area contributed by atoms with Gasteiger partial charge in [0.25, 0.3) is 0 Å². The summed E-state index contributed by atoms with van der Waals surface area (Å²) in [6.45, 7) is 2.27. The first-order valence-electron chi connectivity index (χ1n) is 6.04. The molecular weight excluding hydrogens is 238 g/mol. The Morgan fingerprint density at radius 1 is 1.32 bits per heavy atom. The number of fused-ring (bicyclic) bond motifs is 3. The average molecular weight is 251 g/mol. The first-order chi connectivity index (χ1) is 9.26. The fourth-order valence-electron chi connectivity index (χ4n) is 2.56. The van der Waals surface area contributed by atoms with Crippen LogP contribution in [0.4, 0.5) is 0 Å². The predicted molar refractivity (Wildman–Crippen MR) is 74.1 cm³/mol. The number of hydrogen-bond acceptors (Lipinski definition) is 3. The van der Waals surface area contributed by atoms with E-state index < -0.39 is 0 Å². The van der Waals surface area contributed by atoms with Gasteiger partial charge in [-0.3, -0.25) is 4.98 Å². The Hall–Kier alpha value is -2.54. The Morgan fingerprint density at radius 3 is 2.89 bits per heavy atom. The van der Waals surface area contributed by atoms with Crippen LogP contribution in [0.2, 0.25) is 0 Å². The maximum Gasteiger partial charge on any atom is 0.120 e. The second-order valence-electron chi connectivity index (χ2n) is 4.42. The number of rotatable bonds is 2. The first-order valence-corrected chi connectivity index (χ1v) is 6.04. The summed E-state index contributed by atoms with van der Waals surface area (Å²) in [6.07, 6.45) is 1.80. The summed E-state index contributed by atoms with van der Waals surface area (Å²) < 4.78 is 7.27. The molecule has 1 aromatic carbocycles. The number of aryl methyl sites for hydroxylation is 1. The summed E-state index contributed by atoms with van der Waals surface area (Å²) in [5.74, 6) is 0.792. The Kier molecular flexibility index (Phi) is 2.60. The van der Waals surface area contributed by atoms with E-state index in [-0.39, 0.29) is 0 Å². The monoisotopic (exact) mass is 251 g/mol. The molecule has 0 atom stereocenters. The van der Waals surface area contributed by atoms with Gasteiger partial charge in [-0.2, -0.15) is 5.26 Å². The molecule has 0 saturated carbocycles. The third-order valence-electron chi connectivity index (χ3n) is 3.39. The number of ether oxygens (including phenoxy) is 1. The molecular formula is C15H13N3O. The molecule has 0 aliphatic rings. The zero-order valence-electron chi connectivity index (χ0n) is 10.8. The van der Waals surface area contributed by atoms with Crippen molar-refractivity contribution in [2.45, 2.75) is 13.5 Å². The largest absolute Gasteiger partial charge is 0.497 e. The van der Waals surface area contributed by atoms with Gasteiger partial charge in [-0.05, 0) is 25.1 Å². The smallest absolute Gasteiger partial charge is 0.120 e. The lowest BCUT2D eigenvalue weighted by atomic mass is 10.1. The second-order valence-corrected chi connectivity index (χ2v) is 4.42. The minimum absolute atomic E-state index is 0.305. The highest BCUT2D eigenvalue weighted by atomic mass is 16.5. The predicted octanol–water partition coefficient (Wildman–Crippen LogP) is 3.03. The maximum absolute atomic E-state index is 9.05. The Labute approximate surface area is 110 Å². The van der Waals surface area contributed by atoms with Crippen molar-refractivity contribution in [1.29, 1.82) is 5.26 Å². The van der Waals surface area contributed by atoms with Crippen LogP contribution in [0.1, 0.15) is 5.69 Å². The lowest BCUT2D eigenvalue weighted by Gasteiger charge is -2.04. The summed E-state index contributed by atoms with van der Waals surface area (Å²) in [5, 5.41) is 11.3. The van der Waals surface area contributed by atoms with Gasteiger partial charge in [-0.25, -0.2) is 0 Å². The topological polar surface area (TPSA) is 50.8 Å². The van der Waals surface area contributed by atoms with E-state index in [0.29, 0.717) is 6.54 Å². The van der Waals surface area contributed by atoms with E-state index in [2.05, 4.69) is 11.1 Å². The molecule has 0 unspecified atom stereocenters. The molecule has 2 heterocycles. The van der Waals surface area contributed by atoms with Crippen LogP contribution in [0.15, 0.2) is 30.5 Å². The van der Waals surface area contributed by atoms with Crippen molar-refractivity contribution in [1.82, 2.24) is 9.55 Å². The molecule has 0 saturated heterocycles. The van der Waals surface area contributed by atoms with Gasteiger partial charge in [0.1, 0.15) is 12.3 Å². The Bertz CT molecular complexity index is 811. The molecule has 2 aromatic heterocycles. The van der Waals surface area contributed by atoms with E-state index in [9.17, 15) is 0 Å². The van der Waals surface area contributed by atoms with Crippen LogP contribution in [0.5, 0.6) is 5.75 Å². The Balaban J connectivity index is 2.51. The molecule has 94 valence electrons. The highest BCUT2D eigenvalue weighted by Crippen LogP contribution is 2.32. The Morgan fingerprint density at radius 2 is 2.16 bits per heavy atom. The molecule has 0 N–H and O–H groups in total. The van der Waals surface area contributed by atoms with E-state index in [4.69, 9.17) is 10.00 Å². The maximum atomic E-state index is 9.05. The van der Waals surface area contributed by atoms with Gasteiger partial charge < -0.3 is 9.30 Å². The van der Waals surface area contributed by atoms with Crippen molar-refractivity contribution in [2.24, 2.45) is 0 Å². The van der Waals surface area contributed by atoms with Gasteiger partial charge in [-0.15, -0.1) is 0 Å². The number of nitrogens with zero attached hydrogens (tertiary/aromatic N) is 3. The number of hydrogen-bond donors (Lipinski definition) is 0. The number of benzene rings is 1. The van der Waals surface area contributed by atoms with Crippen molar-refractivity contribution in [3.05, 3.63) is 36.2 Å². The fraction of sp³-hybridized carbons (Fsp3) is 0.200. The second kappa shape index (κ2) is 4.29. The van der Waals surface area contributed by atoms with Crippen molar-refractivity contribution in [3.63, 3.8) is 0 Å². The summed E-state index contributed by atoms with van der Waals surface area (Å²) in [6, 6.07) is 10.1. The summed E-state index contributed by atoms with van der Waals surface area (Å²) >= 11 is 0. The third kappa shape index (κ3) is 1.63. The number of nitriles is 1. The highest BCUT2D eigenvalue weighted by molar-refractivity contribution is 6.09. The van der Waals surface area contributed by atoms with E-state index in [1.807, 2.05) is 35.8 Å². The molecule has 0 aliphatic carbocycles. The van der Waals surface area contributed by atoms with E-state index in [1.54, 1.807) is 13.3 Å². The molecule has 19 heavy (non-hydrogen) atoms. The molecule has 3 aromatic rings. The van der Waals surface area contributed by atoms with Crippen LogP contribution in [0.3, 0.4) is 0 Å². The van der Waals surface area contributed by atoms with E-state index in [1.165, 1.54) is 0 Å². The van der Waals surface area contributed by atoms with Crippen LogP contribution in [-0.4, -0.2) is 16.7 Å². The normalized spacial score (nSPS) is 10.8. The number of pyridine rings is 1. The van der Waals surface area contributed by atoms with Gasteiger partial charge in [0, 0.05) is 23.0 Å². The van der Waals surface area contributed by atoms with Gasteiger partial charge in [0.15, 0.2) is 0 Å². The quantitative estimate of drug-likeness (QED) is 0.703. The molecule has 0 amide bonds. The first kappa shape index (κ1) is 11.5. The van der Waals surface area contributed by atoms with E-state index in [0.717, 1.165) is 33.2 Å². The van der Waals surface area contributed by atoms with Crippen molar-refractivity contribution in [3.8, 4) is 11.8 Å². The molecule has 0 aliphatic heterocycles. The van der Waals surface area contributed by atoms with Gasteiger partial charge in [0.2, 0.25) is 0 Å². The zero-order valence-corrected chi connectivity index (χ0v) is 10.8. The number of methoxy groups -OCH3 is 1. The van der Waals surface area contributed by atoms with E-state index >= 15 is 0 Å². The summed E-state index contributed by atoms with van der Waals surface area (Å²) in [4.78, 5) is 4.33. The van der Waals surface area contributed by atoms with Crippen LogP contribution in [0, 0.1) is 18.3 Å². The molecule has 0 radical (unpaired) electrons. The molecule has 3 rings (SSSR count). The lowest BCUT2D eigenvalue weighted by molar-refractivity contribution is 0.415. The minimum atomic E-state index is 0.305. The minimum Gasteiger partial charge on any atom is -0.497 e. The molecule has 4 nitrogen and oxygen atoms in total. The molecule has 0 fully saturated rings. The van der Waals surface area contributed by atoms with Crippen molar-refractivity contribution in [2.75, 3.05) is 7.11 Å². The zero-order chi connectivity index (χ0) is 13.4. The molecule has 4 heteroatoms. The average Bonchev–Trinajstić information content (AvgIpc) is 2.74. The fourth-order valence-corrected chi connectivity index (χ4v) is 2.56. The van der Waals surface area contributed by atoms with Crippen LogP contribution in [0.25, 0.3) is 21.8 Å². The molecule has 0 bridgehead atoms. The standard InChI is InChI=1S/C15H13N3O/c1-10-15-13(5-7-17-10)12-4-3-11(19-2)9-14(12)18(15)8-6-16/h3-5,7,9H,8H2,1-2H3. The SMILES string of the molecule is COc1ccc2c3ccnc(C)c3n(CC#N)c2c1. The van der Waals surface area contributed by atoms with Crippen molar-refractivity contribution < 1.29 is 4.74 Å². The lowest BCUT2D eigenvalue weighted by Crippen LogP contribution is -1.97. The summed E-state index contributed by atoms with van der Waals surface area (Å²) in [5.41, 5.74) is 2.96. The molecule has 0 spiro atoms. The van der Waals surface area contributed by atoms with Gasteiger partial charge >= 0.3 is 0 Å². The highest BCUT2D eigenvalue weighted by Gasteiger charge is 2.13. The summed E-state index contributed by atoms with van der Waals surface area (Å²) in [7, 11) is 1.64. The van der Waals surface area contributed by atoms with Gasteiger partial charge in [0.05, 0.1) is 29.9 Å². The van der Waals surface area contributed by atoms with Gasteiger partial charge in [-0.1, -0.05) is 0 Å². The number of aromatic nitrogens is 2. The van der Waals surface area contributed by atoms with Crippen LogP contribution >= 0.6 is 0 Å². The van der Waals surface area contributed by atoms with Crippen molar-refractivity contribution >= 4 is 21.8 Å². The van der Waals surface area contributed by atoms with Crippen LogP contribution in [-0.2, 0) is 6.54 Å². The van der Waals surface area contributed by atoms with Crippen LogP contribution < -0.4 is 4.74 Å².